The molecule has 0 saturated carbocycles. The average molecular weight is 239 g/mol. The summed E-state index contributed by atoms with van der Waals surface area (Å²) in [7, 11) is 1.81. The lowest BCUT2D eigenvalue weighted by Crippen LogP contribution is -2.31. The van der Waals surface area contributed by atoms with Crippen molar-refractivity contribution >= 4 is 5.91 Å². The van der Waals surface area contributed by atoms with Crippen molar-refractivity contribution in [2.45, 2.75) is 33.4 Å². The van der Waals surface area contributed by atoms with Crippen LogP contribution >= 0.6 is 0 Å². The Labute approximate surface area is 102 Å². The molecule has 0 aliphatic heterocycles. The van der Waals surface area contributed by atoms with Gasteiger partial charge in [0, 0.05) is 20.1 Å². The van der Waals surface area contributed by atoms with Gasteiger partial charge in [-0.05, 0) is 12.3 Å². The molecule has 17 heavy (non-hydrogen) atoms. The number of amides is 1. The number of carbonyl (C=O) groups is 1. The van der Waals surface area contributed by atoms with Crippen molar-refractivity contribution in [3.05, 3.63) is 11.9 Å². The van der Waals surface area contributed by atoms with Gasteiger partial charge in [0.2, 0.25) is 5.91 Å². The molecule has 0 aliphatic carbocycles. The smallest absolute Gasteiger partial charge is 0.244 e. The van der Waals surface area contributed by atoms with E-state index in [1.807, 2.05) is 7.05 Å². The van der Waals surface area contributed by atoms with Gasteiger partial charge in [-0.2, -0.15) is 0 Å². The molecule has 1 amide bonds. The van der Waals surface area contributed by atoms with Gasteiger partial charge in [-0.3, -0.25) is 4.79 Å². The topological polar surface area (TPSA) is 77.0 Å². The third-order valence-corrected chi connectivity index (χ3v) is 2.56. The van der Waals surface area contributed by atoms with Crippen molar-refractivity contribution < 1.29 is 4.79 Å². The molecule has 0 fully saturated rings. The Kier molecular flexibility index (Phi) is 5.09. The van der Waals surface area contributed by atoms with Crippen LogP contribution in [0.2, 0.25) is 0 Å². The molecule has 96 valence electrons. The molecule has 0 spiro atoms. The number of rotatable bonds is 6. The van der Waals surface area contributed by atoms with Gasteiger partial charge in [-0.1, -0.05) is 19.1 Å². The number of hydrogen-bond donors (Lipinski definition) is 1. The summed E-state index contributed by atoms with van der Waals surface area (Å²) >= 11 is 0. The Bertz CT molecular complexity index is 360. The number of likely N-dealkylation sites (N-methyl/N-ethyl adjacent to an activating group) is 1. The van der Waals surface area contributed by atoms with E-state index in [0.717, 1.165) is 13.0 Å². The number of carbonyl (C=O) groups excluding carboxylic acids is 1. The fourth-order valence-corrected chi connectivity index (χ4v) is 1.35. The van der Waals surface area contributed by atoms with E-state index < -0.39 is 0 Å². The summed E-state index contributed by atoms with van der Waals surface area (Å²) < 4.78 is 1.52. The van der Waals surface area contributed by atoms with Crippen LogP contribution < -0.4 is 5.73 Å². The molecule has 6 heteroatoms. The number of nitrogens with two attached hydrogens (primary N) is 1. The van der Waals surface area contributed by atoms with Crippen LogP contribution in [0.4, 0.5) is 0 Å². The fourth-order valence-electron chi connectivity index (χ4n) is 1.35. The van der Waals surface area contributed by atoms with E-state index in [2.05, 4.69) is 24.2 Å². The molecule has 1 heterocycles. The SMILES string of the molecule is CC(C)CCN(C)C(=O)Cn1cc(CN)nn1. The summed E-state index contributed by atoms with van der Waals surface area (Å²) in [5.74, 6) is 0.639. The Morgan fingerprint density at radius 1 is 1.59 bits per heavy atom. The first-order valence-electron chi connectivity index (χ1n) is 5.86. The van der Waals surface area contributed by atoms with Crippen molar-refractivity contribution in [2.24, 2.45) is 11.7 Å². The molecule has 0 unspecified atom stereocenters. The number of nitrogens with zero attached hydrogens (tertiary/aromatic N) is 4. The van der Waals surface area contributed by atoms with Gasteiger partial charge in [-0.15, -0.1) is 5.10 Å². The third kappa shape index (κ3) is 4.52. The molecule has 0 bridgehead atoms. The zero-order valence-electron chi connectivity index (χ0n) is 10.8. The quantitative estimate of drug-likeness (QED) is 0.771. The average Bonchev–Trinajstić information content (AvgIpc) is 2.73. The first kappa shape index (κ1) is 13.6. The molecule has 2 N–H and O–H groups in total. The molecule has 0 atom stereocenters. The standard InChI is InChI=1S/C11H21N5O/c1-9(2)4-5-15(3)11(17)8-16-7-10(6-12)13-14-16/h7,9H,4-6,8,12H2,1-3H3. The Hall–Kier alpha value is -1.43. The first-order chi connectivity index (χ1) is 8.02. The van der Waals surface area contributed by atoms with Crippen LogP contribution in [0.3, 0.4) is 0 Å². The molecular weight excluding hydrogens is 218 g/mol. The summed E-state index contributed by atoms with van der Waals surface area (Å²) in [6.07, 6.45) is 2.71. The van der Waals surface area contributed by atoms with E-state index in [-0.39, 0.29) is 12.5 Å². The lowest BCUT2D eigenvalue weighted by molar-refractivity contribution is -0.130. The van der Waals surface area contributed by atoms with E-state index in [9.17, 15) is 4.79 Å². The van der Waals surface area contributed by atoms with E-state index in [4.69, 9.17) is 5.73 Å². The molecule has 0 aromatic carbocycles. The second-order valence-corrected chi connectivity index (χ2v) is 4.61. The van der Waals surface area contributed by atoms with Gasteiger partial charge in [0.05, 0.1) is 11.9 Å². The summed E-state index contributed by atoms with van der Waals surface area (Å²) in [6.45, 7) is 5.63. The molecule has 1 aromatic heterocycles. The van der Waals surface area contributed by atoms with Crippen LogP contribution in [-0.2, 0) is 17.9 Å². The molecule has 0 aliphatic rings. The lowest BCUT2D eigenvalue weighted by atomic mass is 10.1. The number of hydrogen-bond acceptors (Lipinski definition) is 4. The van der Waals surface area contributed by atoms with Crippen molar-refractivity contribution in [1.29, 1.82) is 0 Å². The summed E-state index contributed by atoms with van der Waals surface area (Å²) in [6, 6.07) is 0. The second-order valence-electron chi connectivity index (χ2n) is 4.61. The molecule has 1 aromatic rings. The highest BCUT2D eigenvalue weighted by Crippen LogP contribution is 2.01. The highest BCUT2D eigenvalue weighted by atomic mass is 16.2. The van der Waals surface area contributed by atoms with Gasteiger partial charge in [-0.25, -0.2) is 4.68 Å². The zero-order chi connectivity index (χ0) is 12.8. The van der Waals surface area contributed by atoms with Gasteiger partial charge < -0.3 is 10.6 Å². The Morgan fingerprint density at radius 2 is 2.29 bits per heavy atom. The molecule has 1 rings (SSSR count). The fraction of sp³-hybridized carbons (Fsp3) is 0.727. The Morgan fingerprint density at radius 3 is 2.82 bits per heavy atom. The van der Waals surface area contributed by atoms with Crippen LogP contribution in [0.25, 0.3) is 0 Å². The molecule has 0 radical (unpaired) electrons. The van der Waals surface area contributed by atoms with E-state index >= 15 is 0 Å². The second kappa shape index (κ2) is 6.34. The zero-order valence-corrected chi connectivity index (χ0v) is 10.8. The molecular formula is C11H21N5O. The lowest BCUT2D eigenvalue weighted by Gasteiger charge is -2.17. The van der Waals surface area contributed by atoms with Crippen molar-refractivity contribution in [2.75, 3.05) is 13.6 Å². The normalized spacial score (nSPS) is 10.9. The minimum atomic E-state index is 0.0409. The monoisotopic (exact) mass is 239 g/mol. The van der Waals surface area contributed by atoms with E-state index in [0.29, 0.717) is 18.2 Å². The van der Waals surface area contributed by atoms with E-state index in [1.54, 1.807) is 11.1 Å². The summed E-state index contributed by atoms with van der Waals surface area (Å²) in [5.41, 5.74) is 6.12. The predicted octanol–water partition coefficient (Wildman–Crippen LogP) is 0.241. The first-order valence-corrected chi connectivity index (χ1v) is 5.86. The maximum absolute atomic E-state index is 11.8. The van der Waals surface area contributed by atoms with Crippen LogP contribution in [0.1, 0.15) is 26.0 Å². The largest absolute Gasteiger partial charge is 0.344 e. The maximum Gasteiger partial charge on any atom is 0.244 e. The number of aromatic nitrogens is 3. The third-order valence-electron chi connectivity index (χ3n) is 2.56. The summed E-state index contributed by atoms with van der Waals surface area (Å²) in [4.78, 5) is 13.6. The van der Waals surface area contributed by atoms with E-state index in [1.165, 1.54) is 4.68 Å². The predicted molar refractivity (Wildman–Crippen MR) is 65.0 cm³/mol. The van der Waals surface area contributed by atoms with Crippen LogP contribution in [0.15, 0.2) is 6.20 Å². The van der Waals surface area contributed by atoms with Crippen LogP contribution in [0, 0.1) is 5.92 Å². The van der Waals surface area contributed by atoms with Gasteiger partial charge >= 0.3 is 0 Å². The van der Waals surface area contributed by atoms with Crippen molar-refractivity contribution in [3.63, 3.8) is 0 Å². The highest BCUT2D eigenvalue weighted by molar-refractivity contribution is 5.75. The molecule has 6 nitrogen and oxygen atoms in total. The molecule has 0 saturated heterocycles. The van der Waals surface area contributed by atoms with Gasteiger partial charge in [0.25, 0.3) is 0 Å². The summed E-state index contributed by atoms with van der Waals surface area (Å²) in [5, 5.41) is 7.68. The minimum Gasteiger partial charge on any atom is -0.344 e. The highest BCUT2D eigenvalue weighted by Gasteiger charge is 2.11. The van der Waals surface area contributed by atoms with Gasteiger partial charge in [0.1, 0.15) is 6.54 Å². The van der Waals surface area contributed by atoms with Crippen molar-refractivity contribution in [1.82, 2.24) is 19.9 Å². The van der Waals surface area contributed by atoms with Crippen LogP contribution in [-0.4, -0.2) is 39.4 Å². The Balaban J connectivity index is 2.42. The van der Waals surface area contributed by atoms with Crippen LogP contribution in [0.5, 0.6) is 0 Å². The minimum absolute atomic E-state index is 0.0409. The van der Waals surface area contributed by atoms with Gasteiger partial charge in [0.15, 0.2) is 0 Å². The van der Waals surface area contributed by atoms with Crippen molar-refractivity contribution in [3.8, 4) is 0 Å². The maximum atomic E-state index is 11.8.